The highest BCUT2D eigenvalue weighted by Gasteiger charge is 2.28. The van der Waals surface area contributed by atoms with Crippen molar-refractivity contribution < 1.29 is 4.79 Å². The van der Waals surface area contributed by atoms with Crippen molar-refractivity contribution >= 4 is 21.7 Å². The number of Topliss-reactive ketones (excluding diaryl/α,β-unsaturated/α-hetero) is 1. The third-order valence-electron chi connectivity index (χ3n) is 4.28. The lowest BCUT2D eigenvalue weighted by Gasteiger charge is -2.20. The Morgan fingerprint density at radius 2 is 2.10 bits per heavy atom. The Hall–Kier alpha value is -0.680. The summed E-state index contributed by atoms with van der Waals surface area (Å²) in [5, 5.41) is 4.45. The van der Waals surface area contributed by atoms with Gasteiger partial charge in [-0.2, -0.15) is 5.10 Å². The summed E-state index contributed by atoms with van der Waals surface area (Å²) in [5.41, 5.74) is 8.13. The predicted molar refractivity (Wildman–Crippen MR) is 83.6 cm³/mol. The number of ketones is 1. The molecule has 1 saturated carbocycles. The maximum atomic E-state index is 12.6. The number of carbonyl (C=O) groups excluding carboxylic acids is 1. The number of hydrogen-bond donors (Lipinski definition) is 1. The van der Waals surface area contributed by atoms with Gasteiger partial charge in [-0.1, -0.05) is 19.3 Å². The van der Waals surface area contributed by atoms with Crippen molar-refractivity contribution in [3.05, 3.63) is 15.9 Å². The molecule has 0 saturated heterocycles. The van der Waals surface area contributed by atoms with E-state index in [1.54, 1.807) is 0 Å². The van der Waals surface area contributed by atoms with Gasteiger partial charge in [-0.25, -0.2) is 0 Å². The van der Waals surface area contributed by atoms with E-state index in [1.807, 2.05) is 18.5 Å². The normalized spacial score (nSPS) is 23.6. The van der Waals surface area contributed by atoms with Crippen LogP contribution in [0.3, 0.4) is 0 Å². The van der Waals surface area contributed by atoms with E-state index in [4.69, 9.17) is 5.73 Å². The lowest BCUT2D eigenvalue weighted by atomic mass is 9.89. The summed E-state index contributed by atoms with van der Waals surface area (Å²) < 4.78 is 2.88. The number of aryl methyl sites for hydroxylation is 2. The third-order valence-corrected chi connectivity index (χ3v) is 5.31. The average Bonchev–Trinajstić information content (AvgIpc) is 2.60. The highest BCUT2D eigenvalue weighted by Crippen LogP contribution is 2.27. The molecule has 2 rings (SSSR count). The molecule has 2 atom stereocenters. The topological polar surface area (TPSA) is 60.9 Å². The van der Waals surface area contributed by atoms with E-state index >= 15 is 0 Å². The van der Waals surface area contributed by atoms with E-state index in [1.165, 1.54) is 6.42 Å². The van der Waals surface area contributed by atoms with Gasteiger partial charge in [-0.3, -0.25) is 9.48 Å². The van der Waals surface area contributed by atoms with E-state index in [9.17, 15) is 4.79 Å². The molecule has 0 bridgehead atoms. The fraction of sp³-hybridized carbons (Fsp3) is 0.733. The van der Waals surface area contributed by atoms with Crippen LogP contribution < -0.4 is 5.73 Å². The Bertz CT molecular complexity index is 484. The maximum Gasteiger partial charge on any atom is 0.143 e. The molecule has 1 aliphatic rings. The van der Waals surface area contributed by atoms with E-state index in [0.717, 1.165) is 48.1 Å². The van der Waals surface area contributed by atoms with Crippen LogP contribution in [0.25, 0.3) is 0 Å². The van der Waals surface area contributed by atoms with Gasteiger partial charge in [0.25, 0.3) is 0 Å². The highest BCUT2D eigenvalue weighted by molar-refractivity contribution is 9.10. The molecular formula is C15H24BrN3O. The van der Waals surface area contributed by atoms with Gasteiger partial charge < -0.3 is 5.73 Å². The van der Waals surface area contributed by atoms with Crippen molar-refractivity contribution in [3.8, 4) is 0 Å². The van der Waals surface area contributed by atoms with Crippen LogP contribution in [-0.2, 0) is 17.8 Å². The van der Waals surface area contributed by atoms with Crippen molar-refractivity contribution in [2.45, 2.75) is 65.0 Å². The fourth-order valence-corrected chi connectivity index (χ4v) is 3.49. The lowest BCUT2D eigenvalue weighted by Crippen LogP contribution is -2.35. The number of nitrogens with two attached hydrogens (primary N) is 1. The molecule has 2 N–H and O–H groups in total. The van der Waals surface area contributed by atoms with Gasteiger partial charge in [0.05, 0.1) is 15.9 Å². The Balaban J connectivity index is 2.14. The minimum absolute atomic E-state index is 0.0184. The van der Waals surface area contributed by atoms with Crippen LogP contribution in [0.15, 0.2) is 4.47 Å². The maximum absolute atomic E-state index is 12.6. The third kappa shape index (κ3) is 3.31. The molecule has 0 aromatic carbocycles. The number of nitrogens with zero attached hydrogens (tertiary/aromatic N) is 2. The molecule has 112 valence electrons. The standard InChI is InChI=1S/C15H24BrN3O/c1-3-19-13(15(16)10(2)18-19)9-14(20)11-7-5-4-6-8-12(11)17/h11-12H,3-9,17H2,1-2H3. The Morgan fingerprint density at radius 3 is 2.80 bits per heavy atom. The monoisotopic (exact) mass is 341 g/mol. The molecule has 1 heterocycles. The number of aromatic nitrogens is 2. The van der Waals surface area contributed by atoms with Crippen LogP contribution in [-0.4, -0.2) is 21.6 Å². The zero-order valence-corrected chi connectivity index (χ0v) is 13.9. The van der Waals surface area contributed by atoms with Gasteiger partial charge in [0.1, 0.15) is 5.78 Å². The molecule has 20 heavy (non-hydrogen) atoms. The molecule has 1 fully saturated rings. The summed E-state index contributed by atoms with van der Waals surface area (Å²) in [4.78, 5) is 12.6. The summed E-state index contributed by atoms with van der Waals surface area (Å²) in [5.74, 6) is 0.291. The van der Waals surface area contributed by atoms with Gasteiger partial charge in [0.15, 0.2) is 0 Å². The number of carbonyl (C=O) groups is 1. The molecule has 1 aromatic rings. The Labute approximate surface area is 129 Å². The van der Waals surface area contributed by atoms with Crippen LogP contribution in [0.4, 0.5) is 0 Å². The molecule has 1 aromatic heterocycles. The van der Waals surface area contributed by atoms with Crippen molar-refractivity contribution in [1.29, 1.82) is 0 Å². The van der Waals surface area contributed by atoms with Crippen LogP contribution in [0.1, 0.15) is 50.4 Å². The van der Waals surface area contributed by atoms with Crippen LogP contribution in [0.2, 0.25) is 0 Å². The summed E-state index contributed by atoms with van der Waals surface area (Å²) in [6, 6.07) is 0.0304. The summed E-state index contributed by atoms with van der Waals surface area (Å²) in [6.07, 6.45) is 5.83. The van der Waals surface area contributed by atoms with Gasteiger partial charge in [-0.15, -0.1) is 0 Å². The number of rotatable bonds is 4. The fourth-order valence-electron chi connectivity index (χ4n) is 3.07. The van der Waals surface area contributed by atoms with E-state index in [0.29, 0.717) is 6.42 Å². The minimum atomic E-state index is 0.0184. The molecule has 0 aliphatic heterocycles. The van der Waals surface area contributed by atoms with Gasteiger partial charge in [-0.05, 0) is 42.6 Å². The average molecular weight is 342 g/mol. The lowest BCUT2D eigenvalue weighted by molar-refractivity contribution is -0.123. The van der Waals surface area contributed by atoms with E-state index in [-0.39, 0.29) is 17.7 Å². The second-order valence-electron chi connectivity index (χ2n) is 5.71. The van der Waals surface area contributed by atoms with Crippen LogP contribution in [0.5, 0.6) is 0 Å². The van der Waals surface area contributed by atoms with E-state index < -0.39 is 0 Å². The highest BCUT2D eigenvalue weighted by atomic mass is 79.9. The van der Waals surface area contributed by atoms with Crippen molar-refractivity contribution in [2.24, 2.45) is 11.7 Å². The number of hydrogen-bond acceptors (Lipinski definition) is 3. The first-order valence-corrected chi connectivity index (χ1v) is 8.34. The number of halogens is 1. The zero-order valence-electron chi connectivity index (χ0n) is 12.4. The van der Waals surface area contributed by atoms with E-state index in [2.05, 4.69) is 21.0 Å². The minimum Gasteiger partial charge on any atom is -0.327 e. The first kappa shape index (κ1) is 15.7. The smallest absolute Gasteiger partial charge is 0.143 e. The Morgan fingerprint density at radius 1 is 1.40 bits per heavy atom. The molecule has 0 amide bonds. The molecular weight excluding hydrogens is 318 g/mol. The van der Waals surface area contributed by atoms with Gasteiger partial charge >= 0.3 is 0 Å². The van der Waals surface area contributed by atoms with Crippen molar-refractivity contribution in [1.82, 2.24) is 9.78 Å². The molecule has 1 aliphatic carbocycles. The quantitative estimate of drug-likeness (QED) is 0.856. The largest absolute Gasteiger partial charge is 0.327 e. The summed E-state index contributed by atoms with van der Waals surface area (Å²) in [7, 11) is 0. The van der Waals surface area contributed by atoms with Crippen molar-refractivity contribution in [3.63, 3.8) is 0 Å². The zero-order chi connectivity index (χ0) is 14.7. The molecule has 0 radical (unpaired) electrons. The SMILES string of the molecule is CCn1nc(C)c(Br)c1CC(=O)C1CCCCCC1N. The molecule has 4 nitrogen and oxygen atoms in total. The first-order chi connectivity index (χ1) is 9.54. The van der Waals surface area contributed by atoms with Gasteiger partial charge in [0, 0.05) is 24.9 Å². The van der Waals surface area contributed by atoms with Gasteiger partial charge in [0.2, 0.25) is 0 Å². The second-order valence-corrected chi connectivity index (χ2v) is 6.51. The van der Waals surface area contributed by atoms with Crippen LogP contribution >= 0.6 is 15.9 Å². The Kier molecular flexibility index (Phi) is 5.38. The van der Waals surface area contributed by atoms with Crippen molar-refractivity contribution in [2.75, 3.05) is 0 Å². The molecule has 2 unspecified atom stereocenters. The molecule has 0 spiro atoms. The van der Waals surface area contributed by atoms with Crippen LogP contribution in [0, 0.1) is 12.8 Å². The second kappa shape index (κ2) is 6.85. The summed E-state index contributed by atoms with van der Waals surface area (Å²) in [6.45, 7) is 4.79. The molecule has 5 heteroatoms. The first-order valence-electron chi connectivity index (χ1n) is 7.54. The predicted octanol–water partition coefficient (Wildman–Crippen LogP) is 2.99. The summed E-state index contributed by atoms with van der Waals surface area (Å²) >= 11 is 3.56.